The third kappa shape index (κ3) is 4.58. The molecule has 2 aromatic carbocycles. The number of aliphatic imine (C=N–C) groups is 1. The summed E-state index contributed by atoms with van der Waals surface area (Å²) in [6.07, 6.45) is 0. The highest BCUT2D eigenvalue weighted by Gasteiger charge is 2.35. The van der Waals surface area contributed by atoms with E-state index in [-0.39, 0.29) is 21.7 Å². The van der Waals surface area contributed by atoms with E-state index in [2.05, 4.69) is 14.4 Å². The van der Waals surface area contributed by atoms with Crippen LogP contribution in [0, 0.1) is 0 Å². The van der Waals surface area contributed by atoms with Gasteiger partial charge in [-0.25, -0.2) is 26.3 Å². The van der Waals surface area contributed by atoms with E-state index in [1.54, 1.807) is 19.1 Å². The number of nitrogens with zero attached hydrogens (tertiary/aromatic N) is 1. The highest BCUT2D eigenvalue weighted by atomic mass is 32.2. The molecule has 2 aromatic rings. The molecule has 1 heterocycles. The fourth-order valence-electron chi connectivity index (χ4n) is 3.65. The molecule has 0 fully saturated rings. The van der Waals surface area contributed by atoms with Gasteiger partial charge in [0.05, 0.1) is 21.2 Å². The van der Waals surface area contributed by atoms with E-state index in [0.717, 1.165) is 11.8 Å². The topological polar surface area (TPSA) is 159 Å². The summed E-state index contributed by atoms with van der Waals surface area (Å²) in [6.45, 7) is 6.81. The Bertz CT molecular complexity index is 1440. The van der Waals surface area contributed by atoms with Crippen molar-refractivity contribution in [2.45, 2.75) is 42.9 Å². The van der Waals surface area contributed by atoms with Crippen LogP contribution in [0.4, 0.5) is 5.69 Å². The first-order valence-electron chi connectivity index (χ1n) is 9.71. The van der Waals surface area contributed by atoms with Crippen LogP contribution < -0.4 is 9.44 Å². The quantitative estimate of drug-likeness (QED) is 0.462. The molecule has 0 atom stereocenters. The summed E-state index contributed by atoms with van der Waals surface area (Å²) in [6, 6.07) is 5.69. The van der Waals surface area contributed by atoms with Crippen molar-refractivity contribution in [1.29, 1.82) is 0 Å². The van der Waals surface area contributed by atoms with E-state index < -0.39 is 47.9 Å². The Labute approximate surface area is 188 Å². The van der Waals surface area contributed by atoms with Gasteiger partial charge in [0.2, 0.25) is 20.0 Å². The van der Waals surface area contributed by atoms with Gasteiger partial charge in [0.1, 0.15) is 0 Å². The van der Waals surface area contributed by atoms with Crippen molar-refractivity contribution in [1.82, 2.24) is 9.44 Å². The molecule has 3 N–H and O–H groups in total. The van der Waals surface area contributed by atoms with E-state index >= 15 is 0 Å². The zero-order valence-corrected chi connectivity index (χ0v) is 20.4. The van der Waals surface area contributed by atoms with Gasteiger partial charge in [0.15, 0.2) is 0 Å². The van der Waals surface area contributed by atoms with Crippen LogP contribution in [0.25, 0.3) is 10.8 Å². The van der Waals surface area contributed by atoms with Crippen molar-refractivity contribution >= 4 is 52.3 Å². The van der Waals surface area contributed by atoms with Gasteiger partial charge < -0.3 is 0 Å². The first-order chi connectivity index (χ1) is 14.6. The van der Waals surface area contributed by atoms with E-state index in [9.17, 15) is 25.3 Å². The van der Waals surface area contributed by atoms with Gasteiger partial charge in [-0.2, -0.15) is 8.42 Å². The molecule has 3 rings (SSSR count). The smallest absolute Gasteiger partial charge is 0.266 e. The molecule has 10 nitrogen and oxygen atoms in total. The molecular formula is C19H25N3O7S3. The molecule has 0 radical (unpaired) electrons. The number of sulfonamides is 2. The Morgan fingerprint density at radius 1 is 0.969 bits per heavy atom. The van der Waals surface area contributed by atoms with Crippen LogP contribution in [0.15, 0.2) is 39.0 Å². The van der Waals surface area contributed by atoms with Gasteiger partial charge in [-0.1, -0.05) is 26.8 Å². The molecule has 0 aromatic heterocycles. The Morgan fingerprint density at radius 2 is 1.62 bits per heavy atom. The minimum Gasteiger partial charge on any atom is -0.286 e. The maximum Gasteiger partial charge on any atom is 0.266 e. The molecule has 0 unspecified atom stereocenters. The lowest BCUT2D eigenvalue weighted by atomic mass is 9.80. The van der Waals surface area contributed by atoms with Gasteiger partial charge >= 0.3 is 0 Å². The maximum absolute atomic E-state index is 13.1. The summed E-state index contributed by atoms with van der Waals surface area (Å²) < 4.78 is 87.0. The van der Waals surface area contributed by atoms with Crippen LogP contribution in [0.2, 0.25) is 0 Å². The van der Waals surface area contributed by atoms with E-state index in [4.69, 9.17) is 4.55 Å². The monoisotopic (exact) mass is 503 g/mol. The molecule has 176 valence electrons. The zero-order valence-electron chi connectivity index (χ0n) is 18.0. The lowest BCUT2D eigenvalue weighted by Crippen LogP contribution is -2.30. The van der Waals surface area contributed by atoms with E-state index in [0.29, 0.717) is 16.6 Å². The zero-order chi connectivity index (χ0) is 24.1. The molecule has 0 bridgehead atoms. The number of hydrogen-bond donors (Lipinski definition) is 3. The normalized spacial score (nSPS) is 16.2. The summed E-state index contributed by atoms with van der Waals surface area (Å²) in [5, 5.41) is 0.693. The highest BCUT2D eigenvalue weighted by molar-refractivity contribution is 7.90. The van der Waals surface area contributed by atoms with Gasteiger partial charge in [-0.05, 0) is 36.1 Å². The third-order valence-electron chi connectivity index (χ3n) is 5.45. The fraction of sp³-hybridized carbons (Fsp3) is 0.421. The Hall–Kier alpha value is -1.90. The van der Waals surface area contributed by atoms with Crippen LogP contribution in [0.3, 0.4) is 0 Å². The summed E-state index contributed by atoms with van der Waals surface area (Å²) in [5.74, 6) is -0.824. The largest absolute Gasteiger partial charge is 0.286 e. The first-order valence-corrected chi connectivity index (χ1v) is 14.3. The van der Waals surface area contributed by atoms with Crippen LogP contribution in [-0.2, 0) is 35.6 Å². The number of hydrogen-bond acceptors (Lipinski definition) is 7. The van der Waals surface area contributed by atoms with E-state index in [1.165, 1.54) is 6.07 Å². The lowest BCUT2D eigenvalue weighted by Gasteiger charge is -2.23. The highest BCUT2D eigenvalue weighted by Crippen LogP contribution is 2.45. The average Bonchev–Trinajstić information content (AvgIpc) is 2.88. The molecule has 13 heteroatoms. The van der Waals surface area contributed by atoms with Gasteiger partial charge in [-0.3, -0.25) is 9.55 Å². The molecule has 0 saturated heterocycles. The third-order valence-corrected chi connectivity index (χ3v) is 9.20. The predicted octanol–water partition coefficient (Wildman–Crippen LogP) is 1.69. The van der Waals surface area contributed by atoms with Crippen molar-refractivity contribution in [3.8, 4) is 0 Å². The second-order valence-electron chi connectivity index (χ2n) is 7.98. The maximum atomic E-state index is 13.1. The summed E-state index contributed by atoms with van der Waals surface area (Å²) in [7, 11) is -12.7. The summed E-state index contributed by atoms with van der Waals surface area (Å²) in [4.78, 5) is 3.99. The summed E-state index contributed by atoms with van der Waals surface area (Å²) in [5.41, 5.74) is 1.57. The fourth-order valence-corrected chi connectivity index (χ4v) is 6.58. The second kappa shape index (κ2) is 8.15. The number of fused-ring (bicyclic) bond motifs is 3. The molecule has 0 saturated carbocycles. The molecule has 0 amide bonds. The lowest BCUT2D eigenvalue weighted by molar-refractivity contribution is 0.482. The minimum absolute atomic E-state index is 0.107. The molecule has 0 aliphatic carbocycles. The molecule has 1 aliphatic heterocycles. The summed E-state index contributed by atoms with van der Waals surface area (Å²) >= 11 is 0. The van der Waals surface area contributed by atoms with Crippen molar-refractivity contribution in [3.63, 3.8) is 0 Å². The van der Waals surface area contributed by atoms with Crippen molar-refractivity contribution in [2.24, 2.45) is 4.99 Å². The Morgan fingerprint density at radius 3 is 2.22 bits per heavy atom. The van der Waals surface area contributed by atoms with Gasteiger partial charge in [0.25, 0.3) is 10.1 Å². The Balaban J connectivity index is 2.30. The van der Waals surface area contributed by atoms with Gasteiger partial charge in [-0.15, -0.1) is 0 Å². The van der Waals surface area contributed by atoms with Gasteiger partial charge in [0, 0.05) is 29.6 Å². The molecule has 0 spiro atoms. The van der Waals surface area contributed by atoms with Crippen LogP contribution in [0.1, 0.15) is 33.3 Å². The van der Waals surface area contributed by atoms with Crippen molar-refractivity contribution in [2.75, 3.05) is 18.8 Å². The van der Waals surface area contributed by atoms with Crippen LogP contribution >= 0.6 is 0 Å². The number of rotatable bonds is 8. The number of benzene rings is 2. The van der Waals surface area contributed by atoms with Crippen molar-refractivity contribution < 1.29 is 29.8 Å². The molecular weight excluding hydrogens is 478 g/mol. The average molecular weight is 504 g/mol. The molecule has 32 heavy (non-hydrogen) atoms. The predicted molar refractivity (Wildman–Crippen MR) is 122 cm³/mol. The van der Waals surface area contributed by atoms with Crippen LogP contribution in [0.5, 0.6) is 0 Å². The second-order valence-corrected chi connectivity index (χ2v) is 13.1. The standard InChI is InChI=1S/C19H25N3O7S3/c1-5-20-31(26,27)13-10-15-14(6-7-16-18(15)19(3,4)12(2)22-16)17(11-13)32(28,29)21-8-9-30(23,24)25/h6-7,10-11,20-21H,5,8-9H2,1-4H3,(H,23,24,25). The number of nitrogens with one attached hydrogen (secondary N) is 2. The molecule has 1 aliphatic rings. The Kier molecular flexibility index (Phi) is 6.30. The SMILES string of the molecule is CCNS(=O)(=O)c1cc(S(=O)(=O)NCCS(=O)(=O)O)c2ccc3c(c2c1)C(C)(C)C(C)=N3. The first kappa shape index (κ1) is 24.7. The minimum atomic E-state index is -4.39. The van der Waals surface area contributed by atoms with Crippen molar-refractivity contribution in [3.05, 3.63) is 29.8 Å². The van der Waals surface area contributed by atoms with Crippen LogP contribution in [-0.4, -0.2) is 54.4 Å². The van der Waals surface area contributed by atoms with E-state index in [1.807, 2.05) is 20.8 Å².